The van der Waals surface area contributed by atoms with Crippen molar-refractivity contribution in [1.29, 1.82) is 0 Å². The summed E-state index contributed by atoms with van der Waals surface area (Å²) in [5, 5.41) is 0.558. The Morgan fingerprint density at radius 3 is 2.63 bits per heavy atom. The molecule has 0 saturated heterocycles. The molecule has 1 fully saturated rings. The molecule has 0 aliphatic heterocycles. The highest BCUT2D eigenvalue weighted by atomic mass is 79.9. The van der Waals surface area contributed by atoms with Crippen LogP contribution in [-0.2, 0) is 0 Å². The maximum absolute atomic E-state index is 12.6. The Balaban J connectivity index is 2.20. The van der Waals surface area contributed by atoms with E-state index >= 15 is 0 Å². The third kappa shape index (κ3) is 3.65. The second-order valence-electron chi connectivity index (χ2n) is 4.75. The van der Waals surface area contributed by atoms with Crippen molar-refractivity contribution in [2.75, 3.05) is 12.4 Å². The van der Waals surface area contributed by atoms with Crippen molar-refractivity contribution in [2.24, 2.45) is 0 Å². The molecule has 0 radical (unpaired) electrons. The van der Waals surface area contributed by atoms with E-state index in [1.807, 2.05) is 11.0 Å². The molecule has 104 valence electrons. The largest absolute Gasteiger partial charge is 0.334 e. The second-order valence-corrected chi connectivity index (χ2v) is 6.39. The summed E-state index contributed by atoms with van der Waals surface area (Å²) >= 11 is 15.2. The van der Waals surface area contributed by atoms with Crippen LogP contribution in [0.4, 0.5) is 0 Å². The van der Waals surface area contributed by atoms with Crippen molar-refractivity contribution in [2.45, 2.75) is 31.7 Å². The average Bonchev–Trinajstić information content (AvgIpc) is 2.92. The fraction of sp³-hybridized carbons (Fsp3) is 0.500. The van der Waals surface area contributed by atoms with E-state index in [4.69, 9.17) is 23.2 Å². The van der Waals surface area contributed by atoms with E-state index < -0.39 is 0 Å². The van der Waals surface area contributed by atoms with Crippen LogP contribution in [0.3, 0.4) is 0 Å². The first-order valence-electron chi connectivity index (χ1n) is 6.45. The molecule has 1 amide bonds. The normalized spacial score (nSPS) is 15.7. The maximum atomic E-state index is 12.6. The van der Waals surface area contributed by atoms with Crippen LogP contribution in [0.2, 0.25) is 5.02 Å². The third-order valence-corrected chi connectivity index (χ3v) is 4.92. The first-order valence-corrected chi connectivity index (χ1v) is 8.16. The van der Waals surface area contributed by atoms with Gasteiger partial charge >= 0.3 is 0 Å². The summed E-state index contributed by atoms with van der Waals surface area (Å²) < 4.78 is 0.801. The summed E-state index contributed by atoms with van der Waals surface area (Å²) in [6.45, 7) is 0.596. The lowest BCUT2D eigenvalue weighted by Gasteiger charge is -2.28. The fourth-order valence-electron chi connectivity index (χ4n) is 2.55. The van der Waals surface area contributed by atoms with E-state index in [9.17, 15) is 4.79 Å². The van der Waals surface area contributed by atoms with Crippen molar-refractivity contribution >= 4 is 45.0 Å². The highest BCUT2D eigenvalue weighted by Crippen LogP contribution is 2.27. The Morgan fingerprint density at radius 2 is 2.05 bits per heavy atom. The van der Waals surface area contributed by atoms with E-state index in [1.54, 1.807) is 12.1 Å². The SMILES string of the molecule is O=C(c1ccc(Br)c(Cl)c1)N(CCCl)C1CCCC1. The van der Waals surface area contributed by atoms with Gasteiger partial charge in [-0.2, -0.15) is 0 Å². The van der Waals surface area contributed by atoms with Gasteiger partial charge in [-0.25, -0.2) is 0 Å². The first-order chi connectivity index (χ1) is 9.13. The number of carbonyl (C=O) groups excluding carboxylic acids is 1. The van der Waals surface area contributed by atoms with Gasteiger partial charge in [0.2, 0.25) is 0 Å². The Hall–Kier alpha value is -0.250. The molecule has 2 rings (SSSR count). The number of nitrogens with zero attached hydrogens (tertiary/aromatic N) is 1. The molecule has 0 spiro atoms. The summed E-state index contributed by atoms with van der Waals surface area (Å²) in [4.78, 5) is 14.5. The molecule has 0 heterocycles. The van der Waals surface area contributed by atoms with Gasteiger partial charge in [0.15, 0.2) is 0 Å². The molecule has 1 aliphatic carbocycles. The lowest BCUT2D eigenvalue weighted by Crippen LogP contribution is -2.40. The Labute approximate surface area is 132 Å². The van der Waals surface area contributed by atoms with Crippen LogP contribution in [0, 0.1) is 0 Å². The zero-order valence-electron chi connectivity index (χ0n) is 10.5. The van der Waals surface area contributed by atoms with Gasteiger partial charge in [-0.1, -0.05) is 24.4 Å². The van der Waals surface area contributed by atoms with Gasteiger partial charge in [-0.05, 0) is 47.0 Å². The summed E-state index contributed by atoms with van der Waals surface area (Å²) in [7, 11) is 0. The standard InChI is InChI=1S/C14H16BrCl2NO/c15-12-6-5-10(9-13(12)17)14(19)18(8-7-16)11-3-1-2-4-11/h5-6,9,11H,1-4,7-8H2. The Kier molecular flexibility index (Phi) is 5.55. The molecular formula is C14H16BrCl2NO. The van der Waals surface area contributed by atoms with Crippen LogP contribution in [0.1, 0.15) is 36.0 Å². The molecule has 2 nitrogen and oxygen atoms in total. The second kappa shape index (κ2) is 6.96. The molecular weight excluding hydrogens is 349 g/mol. The van der Waals surface area contributed by atoms with Crippen molar-refractivity contribution in [1.82, 2.24) is 4.90 Å². The topological polar surface area (TPSA) is 20.3 Å². The van der Waals surface area contributed by atoms with Gasteiger partial charge in [-0.3, -0.25) is 4.79 Å². The van der Waals surface area contributed by atoms with Crippen molar-refractivity contribution < 1.29 is 4.79 Å². The van der Waals surface area contributed by atoms with Crippen LogP contribution in [-0.4, -0.2) is 29.3 Å². The van der Waals surface area contributed by atoms with Crippen LogP contribution < -0.4 is 0 Å². The van der Waals surface area contributed by atoms with Gasteiger partial charge in [0.05, 0.1) is 5.02 Å². The number of alkyl halides is 1. The minimum absolute atomic E-state index is 0.0296. The minimum Gasteiger partial charge on any atom is -0.334 e. The van der Waals surface area contributed by atoms with Gasteiger partial charge in [-0.15, -0.1) is 11.6 Å². The van der Waals surface area contributed by atoms with Crippen LogP contribution in [0.25, 0.3) is 0 Å². The predicted octanol–water partition coefficient (Wildman–Crippen LogP) is 4.73. The Bertz CT molecular complexity index is 461. The van der Waals surface area contributed by atoms with Crippen molar-refractivity contribution in [3.05, 3.63) is 33.3 Å². The summed E-state index contributed by atoms with van der Waals surface area (Å²) in [6, 6.07) is 5.65. The smallest absolute Gasteiger partial charge is 0.254 e. The number of rotatable bonds is 4. The van der Waals surface area contributed by atoms with E-state index in [0.29, 0.717) is 29.1 Å². The van der Waals surface area contributed by atoms with Gasteiger partial charge in [0, 0.05) is 28.5 Å². The molecule has 5 heteroatoms. The van der Waals surface area contributed by atoms with E-state index in [-0.39, 0.29) is 5.91 Å². The summed E-state index contributed by atoms with van der Waals surface area (Å²) in [6.07, 6.45) is 4.54. The molecule has 0 bridgehead atoms. The zero-order chi connectivity index (χ0) is 13.8. The van der Waals surface area contributed by atoms with Crippen LogP contribution in [0.15, 0.2) is 22.7 Å². The summed E-state index contributed by atoms with van der Waals surface area (Å²) in [5.41, 5.74) is 0.630. The molecule has 0 unspecified atom stereocenters. The lowest BCUT2D eigenvalue weighted by atomic mass is 10.1. The number of benzene rings is 1. The number of hydrogen-bond acceptors (Lipinski definition) is 1. The third-order valence-electron chi connectivity index (χ3n) is 3.52. The van der Waals surface area contributed by atoms with Crippen LogP contribution in [0.5, 0.6) is 0 Å². The number of carbonyl (C=O) groups is 1. The summed E-state index contributed by atoms with van der Waals surface area (Å²) in [5.74, 6) is 0.494. The van der Waals surface area contributed by atoms with Gasteiger partial charge in [0.25, 0.3) is 5.91 Å². The lowest BCUT2D eigenvalue weighted by molar-refractivity contribution is 0.0695. The average molecular weight is 365 g/mol. The molecule has 19 heavy (non-hydrogen) atoms. The Morgan fingerprint density at radius 1 is 1.37 bits per heavy atom. The number of hydrogen-bond donors (Lipinski definition) is 0. The van der Waals surface area contributed by atoms with E-state index in [2.05, 4.69) is 15.9 Å². The number of halogens is 3. The molecule has 1 aromatic rings. The first kappa shape index (κ1) is 15.1. The molecule has 0 N–H and O–H groups in total. The predicted molar refractivity (Wildman–Crippen MR) is 83.2 cm³/mol. The molecule has 1 aromatic carbocycles. The van der Waals surface area contributed by atoms with Crippen LogP contribution >= 0.6 is 39.1 Å². The maximum Gasteiger partial charge on any atom is 0.254 e. The van der Waals surface area contributed by atoms with Crippen molar-refractivity contribution in [3.63, 3.8) is 0 Å². The highest BCUT2D eigenvalue weighted by molar-refractivity contribution is 9.10. The zero-order valence-corrected chi connectivity index (χ0v) is 13.6. The van der Waals surface area contributed by atoms with E-state index in [0.717, 1.165) is 17.3 Å². The highest BCUT2D eigenvalue weighted by Gasteiger charge is 2.27. The minimum atomic E-state index is 0.0296. The van der Waals surface area contributed by atoms with Crippen molar-refractivity contribution in [3.8, 4) is 0 Å². The van der Waals surface area contributed by atoms with Gasteiger partial charge in [0.1, 0.15) is 0 Å². The molecule has 0 aromatic heterocycles. The van der Waals surface area contributed by atoms with E-state index in [1.165, 1.54) is 12.8 Å². The molecule has 1 aliphatic rings. The fourth-order valence-corrected chi connectivity index (χ4v) is 3.16. The monoisotopic (exact) mass is 363 g/mol. The quantitative estimate of drug-likeness (QED) is 0.707. The van der Waals surface area contributed by atoms with Gasteiger partial charge < -0.3 is 4.90 Å². The number of amides is 1. The molecule has 0 atom stereocenters. The molecule has 1 saturated carbocycles.